The average Bonchev–Trinajstić information content (AvgIpc) is 2.83. The van der Waals surface area contributed by atoms with Crippen LogP contribution in [0.4, 0.5) is 0 Å². The Balaban J connectivity index is 0. The number of amides is 2. The molecule has 0 radical (unpaired) electrons. The van der Waals surface area contributed by atoms with Crippen molar-refractivity contribution in [3.8, 4) is 0 Å². The molecule has 6 N–H and O–H groups in total. The molecule has 0 saturated heterocycles. The summed E-state index contributed by atoms with van der Waals surface area (Å²) in [4.78, 5) is 38.9. The number of hydrogen-bond acceptors (Lipinski definition) is 7. The topological polar surface area (TPSA) is 143 Å². The highest BCUT2D eigenvalue weighted by molar-refractivity contribution is 5.92. The molecule has 39 heavy (non-hydrogen) atoms. The maximum absolute atomic E-state index is 13.3. The predicted octanol–water partition coefficient (Wildman–Crippen LogP) is 2.61. The fourth-order valence-electron chi connectivity index (χ4n) is 4.11. The first-order valence-electron chi connectivity index (χ1n) is 13.2. The standard InChI is InChI=1S/C28H48N4O5.2ClH/c1-17(2)13-21(29)24(33)16-30-22(14-18(3)4)26(34)32-25(19(5)6)27(35)31-23(28(36)37-7)15-20-11-9-8-10-12-20;;/h8-12,17-19,21-25,30,33H,13-16,29H2,1-7H3,(H,31,35)(H,32,34);2*1H/t21-,22-,23-,24?,25-;;/m0../s1. The van der Waals surface area contributed by atoms with E-state index in [1.54, 1.807) is 0 Å². The van der Waals surface area contributed by atoms with E-state index >= 15 is 0 Å². The second-order valence-electron chi connectivity index (χ2n) is 11.0. The molecular weight excluding hydrogens is 543 g/mol. The van der Waals surface area contributed by atoms with Crippen LogP contribution in [0.1, 0.15) is 59.9 Å². The fourth-order valence-corrected chi connectivity index (χ4v) is 4.11. The first-order valence-corrected chi connectivity index (χ1v) is 13.2. The fraction of sp³-hybridized carbons (Fsp3) is 0.679. The van der Waals surface area contributed by atoms with Crippen LogP contribution in [0.25, 0.3) is 0 Å². The minimum Gasteiger partial charge on any atom is -0.467 e. The number of hydrogen-bond donors (Lipinski definition) is 5. The molecule has 0 heterocycles. The van der Waals surface area contributed by atoms with E-state index in [9.17, 15) is 19.5 Å². The lowest BCUT2D eigenvalue weighted by atomic mass is 9.98. The minimum atomic E-state index is -0.889. The van der Waals surface area contributed by atoms with Gasteiger partial charge in [0.1, 0.15) is 12.1 Å². The maximum Gasteiger partial charge on any atom is 0.328 e. The number of nitrogens with two attached hydrogens (primary N) is 1. The van der Waals surface area contributed by atoms with Gasteiger partial charge in [-0.05, 0) is 36.2 Å². The van der Waals surface area contributed by atoms with Crippen LogP contribution in [0.3, 0.4) is 0 Å². The number of esters is 1. The largest absolute Gasteiger partial charge is 0.467 e. The second kappa shape index (κ2) is 20.0. The number of ether oxygens (including phenoxy) is 1. The molecule has 9 nitrogen and oxygen atoms in total. The zero-order valence-electron chi connectivity index (χ0n) is 24.3. The number of aliphatic hydroxyl groups excluding tert-OH is 1. The molecular formula is C28H50Cl2N4O5. The van der Waals surface area contributed by atoms with E-state index < -0.39 is 42.1 Å². The molecule has 11 heteroatoms. The normalized spacial score (nSPS) is 14.9. The minimum absolute atomic E-state index is 0. The summed E-state index contributed by atoms with van der Waals surface area (Å²) < 4.78 is 4.90. The van der Waals surface area contributed by atoms with E-state index in [1.807, 2.05) is 71.9 Å². The Kier molecular flexibility index (Phi) is 20.2. The summed E-state index contributed by atoms with van der Waals surface area (Å²) in [5.41, 5.74) is 6.97. The lowest BCUT2D eigenvalue weighted by Crippen LogP contribution is -2.58. The summed E-state index contributed by atoms with van der Waals surface area (Å²) >= 11 is 0. The van der Waals surface area contributed by atoms with Gasteiger partial charge in [-0.1, -0.05) is 71.9 Å². The highest BCUT2D eigenvalue weighted by Gasteiger charge is 2.32. The highest BCUT2D eigenvalue weighted by Crippen LogP contribution is 2.11. The van der Waals surface area contributed by atoms with Crippen molar-refractivity contribution in [2.75, 3.05) is 13.7 Å². The molecule has 0 aliphatic heterocycles. The summed E-state index contributed by atoms with van der Waals surface area (Å²) in [5, 5.41) is 19.2. The molecule has 0 aliphatic rings. The zero-order valence-corrected chi connectivity index (χ0v) is 25.9. The number of nitrogens with one attached hydrogen (secondary N) is 3. The van der Waals surface area contributed by atoms with E-state index in [2.05, 4.69) is 16.0 Å². The number of halogens is 2. The van der Waals surface area contributed by atoms with Gasteiger partial charge in [0, 0.05) is 19.0 Å². The number of carbonyl (C=O) groups excluding carboxylic acids is 3. The molecule has 1 aromatic carbocycles. The molecule has 1 rings (SSSR count). The van der Waals surface area contributed by atoms with Crippen LogP contribution in [0.15, 0.2) is 30.3 Å². The molecule has 0 aliphatic carbocycles. The Hall–Kier alpha value is -1.91. The predicted molar refractivity (Wildman–Crippen MR) is 160 cm³/mol. The lowest BCUT2D eigenvalue weighted by molar-refractivity contribution is -0.145. The van der Waals surface area contributed by atoms with E-state index in [0.29, 0.717) is 18.8 Å². The van der Waals surface area contributed by atoms with Crippen LogP contribution in [0.2, 0.25) is 0 Å². The second-order valence-corrected chi connectivity index (χ2v) is 11.0. The monoisotopic (exact) mass is 592 g/mol. The van der Waals surface area contributed by atoms with E-state index in [1.165, 1.54) is 7.11 Å². The molecule has 1 aromatic rings. The van der Waals surface area contributed by atoms with Crippen molar-refractivity contribution >= 4 is 42.6 Å². The summed E-state index contributed by atoms with van der Waals surface area (Å²) in [6.07, 6.45) is 0.657. The van der Waals surface area contributed by atoms with Crippen molar-refractivity contribution < 1.29 is 24.2 Å². The van der Waals surface area contributed by atoms with Crippen molar-refractivity contribution in [1.29, 1.82) is 0 Å². The Labute approximate surface area is 246 Å². The third-order valence-electron chi connectivity index (χ3n) is 6.17. The SMILES string of the molecule is COC(=O)[C@H](Cc1ccccc1)NC(=O)[C@@H](NC(=O)[C@H](CC(C)C)NCC(O)[C@@H](N)CC(C)C)C(C)C.Cl.Cl. The maximum atomic E-state index is 13.3. The van der Waals surface area contributed by atoms with Gasteiger partial charge in [0.2, 0.25) is 11.8 Å². The van der Waals surface area contributed by atoms with E-state index in [-0.39, 0.29) is 55.5 Å². The molecule has 0 spiro atoms. The van der Waals surface area contributed by atoms with E-state index in [0.717, 1.165) is 5.56 Å². The van der Waals surface area contributed by atoms with Gasteiger partial charge >= 0.3 is 5.97 Å². The van der Waals surface area contributed by atoms with Gasteiger partial charge in [-0.15, -0.1) is 24.8 Å². The van der Waals surface area contributed by atoms with Gasteiger partial charge in [0.05, 0.1) is 19.3 Å². The smallest absolute Gasteiger partial charge is 0.328 e. The van der Waals surface area contributed by atoms with Gasteiger partial charge < -0.3 is 31.5 Å². The van der Waals surface area contributed by atoms with Crippen molar-refractivity contribution in [2.45, 2.75) is 91.1 Å². The Bertz CT molecular complexity index is 843. The molecule has 226 valence electrons. The number of aliphatic hydroxyl groups is 1. The van der Waals surface area contributed by atoms with E-state index in [4.69, 9.17) is 10.5 Å². The van der Waals surface area contributed by atoms with Crippen LogP contribution in [-0.2, 0) is 25.5 Å². The third-order valence-corrected chi connectivity index (χ3v) is 6.17. The molecule has 0 fully saturated rings. The van der Waals surface area contributed by atoms with Crippen LogP contribution >= 0.6 is 24.8 Å². The van der Waals surface area contributed by atoms with Gasteiger partial charge in [-0.2, -0.15) is 0 Å². The quantitative estimate of drug-likeness (QED) is 0.186. The van der Waals surface area contributed by atoms with Crippen molar-refractivity contribution in [2.24, 2.45) is 23.5 Å². The lowest BCUT2D eigenvalue weighted by Gasteiger charge is -2.28. The summed E-state index contributed by atoms with van der Waals surface area (Å²) in [6.45, 7) is 11.9. The Morgan fingerprint density at radius 2 is 1.44 bits per heavy atom. The Morgan fingerprint density at radius 3 is 1.92 bits per heavy atom. The number of benzene rings is 1. The molecule has 2 amide bonds. The number of carbonyl (C=O) groups is 3. The van der Waals surface area contributed by atoms with Crippen LogP contribution in [-0.4, -0.2) is 66.8 Å². The number of methoxy groups -OCH3 is 1. The molecule has 5 atom stereocenters. The summed E-state index contributed by atoms with van der Waals surface area (Å²) in [7, 11) is 1.28. The van der Waals surface area contributed by atoms with Gasteiger partial charge in [0.25, 0.3) is 0 Å². The highest BCUT2D eigenvalue weighted by atomic mass is 35.5. The van der Waals surface area contributed by atoms with Crippen molar-refractivity contribution in [3.05, 3.63) is 35.9 Å². The molecule has 0 aromatic heterocycles. The Morgan fingerprint density at radius 1 is 0.872 bits per heavy atom. The van der Waals surface area contributed by atoms with Crippen LogP contribution in [0.5, 0.6) is 0 Å². The van der Waals surface area contributed by atoms with Gasteiger partial charge in [-0.25, -0.2) is 4.79 Å². The van der Waals surface area contributed by atoms with Crippen LogP contribution < -0.4 is 21.7 Å². The third kappa shape index (κ3) is 14.9. The molecule has 0 saturated carbocycles. The zero-order chi connectivity index (χ0) is 28.1. The van der Waals surface area contributed by atoms with Crippen molar-refractivity contribution in [1.82, 2.24) is 16.0 Å². The van der Waals surface area contributed by atoms with Crippen molar-refractivity contribution in [3.63, 3.8) is 0 Å². The average molecular weight is 594 g/mol. The van der Waals surface area contributed by atoms with Crippen LogP contribution in [0, 0.1) is 17.8 Å². The molecule has 0 bridgehead atoms. The van der Waals surface area contributed by atoms with Gasteiger partial charge in [0.15, 0.2) is 0 Å². The summed E-state index contributed by atoms with van der Waals surface area (Å²) in [5.74, 6) is -1.05. The first-order chi connectivity index (χ1) is 17.3. The van der Waals surface area contributed by atoms with Gasteiger partial charge in [-0.3, -0.25) is 9.59 Å². The number of rotatable bonds is 16. The molecule has 1 unspecified atom stereocenters. The summed E-state index contributed by atoms with van der Waals surface area (Å²) in [6, 6.07) is 6.56. The first kappa shape index (κ1) is 39.2.